The number of hydrogen-bond donors (Lipinski definition) is 0. The smallest absolute Gasteiger partial charge is 0.0147 e. The topological polar surface area (TPSA) is 0 Å². The maximum absolute atomic E-state index is 2.44. The van der Waals surface area contributed by atoms with E-state index in [4.69, 9.17) is 0 Å². The molecular formula is C24H24. The van der Waals surface area contributed by atoms with Crippen LogP contribution in [0.5, 0.6) is 0 Å². The SMILES string of the molecule is CC(=CC(Cc1ccccc1)Cc1ccccc1)c1ccccc1. The van der Waals surface area contributed by atoms with Crippen molar-refractivity contribution in [2.45, 2.75) is 19.8 Å². The molecule has 0 heterocycles. The quantitative estimate of drug-likeness (QED) is 0.509. The molecule has 0 saturated heterocycles. The summed E-state index contributed by atoms with van der Waals surface area (Å²) in [5.74, 6) is 0.495. The highest BCUT2D eigenvalue weighted by molar-refractivity contribution is 5.63. The molecule has 0 bridgehead atoms. The molecule has 0 heteroatoms. The van der Waals surface area contributed by atoms with Gasteiger partial charge in [-0.15, -0.1) is 0 Å². The molecule has 0 N–H and O–H groups in total. The Balaban J connectivity index is 1.83. The van der Waals surface area contributed by atoms with Crippen LogP contribution in [0.3, 0.4) is 0 Å². The van der Waals surface area contributed by atoms with Crippen LogP contribution < -0.4 is 0 Å². The minimum Gasteiger partial charge on any atom is -0.0772 e. The molecule has 0 unspecified atom stereocenters. The van der Waals surface area contributed by atoms with Crippen molar-refractivity contribution in [1.29, 1.82) is 0 Å². The van der Waals surface area contributed by atoms with Crippen LogP contribution in [0.4, 0.5) is 0 Å². The lowest BCUT2D eigenvalue weighted by Crippen LogP contribution is -2.06. The van der Waals surface area contributed by atoms with Crippen LogP contribution in [0.1, 0.15) is 23.6 Å². The molecule has 0 aliphatic heterocycles. The minimum atomic E-state index is 0.495. The van der Waals surface area contributed by atoms with Crippen LogP contribution in [-0.2, 0) is 12.8 Å². The molecule has 120 valence electrons. The molecule has 0 aliphatic rings. The van der Waals surface area contributed by atoms with Crippen molar-refractivity contribution in [3.05, 3.63) is 114 Å². The first-order chi connectivity index (χ1) is 11.8. The Labute approximate surface area is 145 Å². The average Bonchev–Trinajstić information content (AvgIpc) is 2.64. The third-order valence-corrected chi connectivity index (χ3v) is 4.40. The molecule has 0 nitrogen and oxygen atoms in total. The zero-order chi connectivity index (χ0) is 16.6. The molecule has 0 spiro atoms. The largest absolute Gasteiger partial charge is 0.0772 e. The van der Waals surface area contributed by atoms with Crippen molar-refractivity contribution in [2.24, 2.45) is 5.92 Å². The van der Waals surface area contributed by atoms with E-state index in [1.165, 1.54) is 22.3 Å². The Kier molecular flexibility index (Phi) is 5.63. The van der Waals surface area contributed by atoms with Gasteiger partial charge in [-0.2, -0.15) is 0 Å². The van der Waals surface area contributed by atoms with E-state index in [0.717, 1.165) is 12.8 Å². The van der Waals surface area contributed by atoms with Gasteiger partial charge in [-0.25, -0.2) is 0 Å². The Hall–Kier alpha value is -2.60. The molecular weight excluding hydrogens is 288 g/mol. The first kappa shape index (κ1) is 16.3. The number of benzene rings is 3. The minimum absolute atomic E-state index is 0.495. The van der Waals surface area contributed by atoms with Gasteiger partial charge in [-0.1, -0.05) is 97.1 Å². The summed E-state index contributed by atoms with van der Waals surface area (Å²) in [7, 11) is 0. The monoisotopic (exact) mass is 312 g/mol. The molecule has 0 saturated carbocycles. The van der Waals surface area contributed by atoms with E-state index in [0.29, 0.717) is 5.92 Å². The van der Waals surface area contributed by atoms with E-state index in [1.807, 2.05) is 0 Å². The average molecular weight is 312 g/mol. The molecule has 3 aromatic carbocycles. The van der Waals surface area contributed by atoms with Gasteiger partial charge >= 0.3 is 0 Å². The first-order valence-corrected chi connectivity index (χ1v) is 8.63. The van der Waals surface area contributed by atoms with E-state index in [9.17, 15) is 0 Å². The summed E-state index contributed by atoms with van der Waals surface area (Å²) in [6.45, 7) is 2.22. The summed E-state index contributed by atoms with van der Waals surface area (Å²) in [4.78, 5) is 0. The first-order valence-electron chi connectivity index (χ1n) is 8.63. The Morgan fingerprint density at radius 3 is 1.54 bits per heavy atom. The molecule has 0 amide bonds. The van der Waals surface area contributed by atoms with Crippen molar-refractivity contribution in [1.82, 2.24) is 0 Å². The predicted octanol–water partition coefficient (Wildman–Crippen LogP) is 6.19. The Bertz CT molecular complexity index is 713. The van der Waals surface area contributed by atoms with E-state index in [1.54, 1.807) is 0 Å². The third kappa shape index (κ3) is 4.70. The van der Waals surface area contributed by atoms with Gasteiger partial charge in [0.15, 0.2) is 0 Å². The predicted molar refractivity (Wildman–Crippen MR) is 104 cm³/mol. The Morgan fingerprint density at radius 1 is 0.667 bits per heavy atom. The molecule has 0 radical (unpaired) electrons. The van der Waals surface area contributed by atoms with Crippen molar-refractivity contribution >= 4 is 5.57 Å². The van der Waals surface area contributed by atoms with E-state index >= 15 is 0 Å². The molecule has 0 aliphatic carbocycles. The summed E-state index contributed by atoms with van der Waals surface area (Å²) >= 11 is 0. The van der Waals surface area contributed by atoms with Gasteiger partial charge in [-0.3, -0.25) is 0 Å². The van der Waals surface area contributed by atoms with E-state index < -0.39 is 0 Å². The van der Waals surface area contributed by atoms with Crippen molar-refractivity contribution in [3.8, 4) is 0 Å². The normalized spacial score (nSPS) is 11.7. The molecule has 0 aromatic heterocycles. The summed E-state index contributed by atoms with van der Waals surface area (Å²) in [6, 6.07) is 32.2. The maximum atomic E-state index is 2.44. The lowest BCUT2D eigenvalue weighted by molar-refractivity contribution is 0.645. The highest BCUT2D eigenvalue weighted by Gasteiger charge is 2.09. The third-order valence-electron chi connectivity index (χ3n) is 4.40. The van der Waals surface area contributed by atoms with E-state index in [-0.39, 0.29) is 0 Å². The second-order valence-corrected chi connectivity index (χ2v) is 6.36. The van der Waals surface area contributed by atoms with Crippen LogP contribution in [0.25, 0.3) is 5.57 Å². The lowest BCUT2D eigenvalue weighted by atomic mass is 9.90. The molecule has 24 heavy (non-hydrogen) atoms. The zero-order valence-electron chi connectivity index (χ0n) is 14.2. The molecule has 3 aromatic rings. The summed E-state index contributed by atoms with van der Waals surface area (Å²) in [5, 5.41) is 0. The fourth-order valence-electron chi connectivity index (χ4n) is 3.17. The van der Waals surface area contributed by atoms with Crippen molar-refractivity contribution in [3.63, 3.8) is 0 Å². The molecule has 0 atom stereocenters. The lowest BCUT2D eigenvalue weighted by Gasteiger charge is -2.15. The van der Waals surface area contributed by atoms with Gasteiger partial charge < -0.3 is 0 Å². The highest BCUT2D eigenvalue weighted by Crippen LogP contribution is 2.22. The van der Waals surface area contributed by atoms with Crippen molar-refractivity contribution in [2.75, 3.05) is 0 Å². The number of rotatable bonds is 6. The van der Waals surface area contributed by atoms with Gasteiger partial charge in [0.1, 0.15) is 0 Å². The van der Waals surface area contributed by atoms with Gasteiger partial charge in [0.05, 0.1) is 0 Å². The zero-order valence-corrected chi connectivity index (χ0v) is 14.2. The van der Waals surface area contributed by atoms with Crippen LogP contribution in [-0.4, -0.2) is 0 Å². The summed E-state index contributed by atoms with van der Waals surface area (Å²) in [5.41, 5.74) is 5.46. The van der Waals surface area contributed by atoms with Gasteiger partial charge in [0.2, 0.25) is 0 Å². The number of allylic oxidation sites excluding steroid dienone is 2. The van der Waals surface area contributed by atoms with Crippen LogP contribution in [0.2, 0.25) is 0 Å². The summed E-state index contributed by atoms with van der Waals surface area (Å²) in [6.07, 6.45) is 4.58. The van der Waals surface area contributed by atoms with Gasteiger partial charge in [0.25, 0.3) is 0 Å². The van der Waals surface area contributed by atoms with Gasteiger partial charge in [-0.05, 0) is 47.9 Å². The van der Waals surface area contributed by atoms with Crippen molar-refractivity contribution < 1.29 is 0 Å². The fourth-order valence-corrected chi connectivity index (χ4v) is 3.17. The number of hydrogen-bond acceptors (Lipinski definition) is 0. The van der Waals surface area contributed by atoms with Crippen LogP contribution in [0, 0.1) is 5.92 Å². The van der Waals surface area contributed by atoms with Crippen LogP contribution >= 0.6 is 0 Å². The van der Waals surface area contributed by atoms with Crippen LogP contribution in [0.15, 0.2) is 97.1 Å². The standard InChI is InChI=1S/C24H24/c1-20(24-15-9-4-10-16-24)17-23(18-21-11-5-2-6-12-21)19-22-13-7-3-8-14-22/h2-17,23H,18-19H2,1H3. The van der Waals surface area contributed by atoms with Gasteiger partial charge in [0, 0.05) is 0 Å². The highest BCUT2D eigenvalue weighted by atomic mass is 14.1. The molecule has 3 rings (SSSR count). The second kappa shape index (κ2) is 8.31. The summed E-state index contributed by atoms with van der Waals surface area (Å²) < 4.78 is 0. The van der Waals surface area contributed by atoms with E-state index in [2.05, 4.69) is 104 Å². The Morgan fingerprint density at radius 2 is 1.08 bits per heavy atom. The second-order valence-electron chi connectivity index (χ2n) is 6.36. The maximum Gasteiger partial charge on any atom is -0.0147 e. The fraction of sp³-hybridized carbons (Fsp3) is 0.167. The molecule has 0 fully saturated rings.